The van der Waals surface area contributed by atoms with Crippen molar-refractivity contribution >= 4 is 16.0 Å². The topological polar surface area (TPSA) is 101 Å². The summed E-state index contributed by atoms with van der Waals surface area (Å²) in [7, 11) is -2.27. The highest BCUT2D eigenvalue weighted by atomic mass is 32.2. The van der Waals surface area contributed by atoms with Gasteiger partial charge in [-0.1, -0.05) is 20.3 Å². The zero-order valence-corrected chi connectivity index (χ0v) is 13.2. The van der Waals surface area contributed by atoms with E-state index in [1.165, 1.54) is 4.68 Å². The molecule has 114 valence electrons. The zero-order chi connectivity index (χ0) is 15.7. The zero-order valence-electron chi connectivity index (χ0n) is 12.3. The molecule has 8 heteroatoms. The SMILES string of the molecule is CCC(C)C(NS(=O)(=O)c1c(C)nn(C)c1C)C(=O)O. The van der Waals surface area contributed by atoms with Crippen molar-refractivity contribution in [2.75, 3.05) is 0 Å². The van der Waals surface area contributed by atoms with Gasteiger partial charge in [-0.15, -0.1) is 0 Å². The minimum Gasteiger partial charge on any atom is -0.480 e. The Morgan fingerprint density at radius 1 is 1.45 bits per heavy atom. The van der Waals surface area contributed by atoms with Crippen molar-refractivity contribution in [1.82, 2.24) is 14.5 Å². The molecule has 0 aliphatic carbocycles. The number of hydrogen-bond donors (Lipinski definition) is 2. The molecule has 0 aliphatic rings. The highest BCUT2D eigenvalue weighted by molar-refractivity contribution is 7.89. The summed E-state index contributed by atoms with van der Waals surface area (Å²) in [4.78, 5) is 11.3. The quantitative estimate of drug-likeness (QED) is 0.810. The van der Waals surface area contributed by atoms with Crippen LogP contribution in [0.15, 0.2) is 4.90 Å². The molecule has 0 saturated carbocycles. The fraction of sp³-hybridized carbons (Fsp3) is 0.667. The molecule has 0 bridgehead atoms. The molecule has 0 fully saturated rings. The third-order valence-corrected chi connectivity index (χ3v) is 5.17. The van der Waals surface area contributed by atoms with E-state index in [0.29, 0.717) is 17.8 Å². The summed E-state index contributed by atoms with van der Waals surface area (Å²) in [5, 5.41) is 13.2. The Kier molecular flexibility index (Phi) is 4.93. The number of carboxylic acids is 1. The monoisotopic (exact) mass is 303 g/mol. The molecule has 1 rings (SSSR count). The van der Waals surface area contributed by atoms with Crippen molar-refractivity contribution in [3.8, 4) is 0 Å². The van der Waals surface area contributed by atoms with E-state index < -0.39 is 22.0 Å². The molecule has 20 heavy (non-hydrogen) atoms. The average Bonchev–Trinajstić information content (AvgIpc) is 2.59. The number of carbonyl (C=O) groups is 1. The van der Waals surface area contributed by atoms with Crippen molar-refractivity contribution in [3.05, 3.63) is 11.4 Å². The first-order chi connectivity index (χ1) is 9.11. The van der Waals surface area contributed by atoms with Gasteiger partial charge in [0.15, 0.2) is 0 Å². The van der Waals surface area contributed by atoms with Gasteiger partial charge in [-0.2, -0.15) is 9.82 Å². The van der Waals surface area contributed by atoms with Crippen molar-refractivity contribution < 1.29 is 18.3 Å². The van der Waals surface area contributed by atoms with Gasteiger partial charge in [-0.3, -0.25) is 9.48 Å². The molecule has 0 spiro atoms. The van der Waals surface area contributed by atoms with Crippen molar-refractivity contribution in [2.45, 2.75) is 45.1 Å². The largest absolute Gasteiger partial charge is 0.480 e. The minimum absolute atomic E-state index is 0.0505. The highest BCUT2D eigenvalue weighted by Crippen LogP contribution is 2.20. The molecule has 1 aromatic heterocycles. The van der Waals surface area contributed by atoms with E-state index >= 15 is 0 Å². The van der Waals surface area contributed by atoms with Gasteiger partial charge in [-0.05, 0) is 19.8 Å². The summed E-state index contributed by atoms with van der Waals surface area (Å²) in [5.41, 5.74) is 0.828. The Bertz CT molecular complexity index is 606. The number of carboxylic acid groups (broad SMARTS) is 1. The first kappa shape index (κ1) is 16.6. The van der Waals surface area contributed by atoms with Gasteiger partial charge in [0.25, 0.3) is 0 Å². The molecule has 0 radical (unpaired) electrons. The van der Waals surface area contributed by atoms with Crippen molar-refractivity contribution in [1.29, 1.82) is 0 Å². The summed E-state index contributed by atoms with van der Waals surface area (Å²) in [6.45, 7) is 6.73. The normalized spacial score (nSPS) is 15.1. The Labute approximate surface area is 119 Å². The molecule has 2 unspecified atom stereocenters. The Hall–Kier alpha value is -1.41. The van der Waals surface area contributed by atoms with E-state index in [4.69, 9.17) is 0 Å². The van der Waals surface area contributed by atoms with Crippen molar-refractivity contribution in [2.24, 2.45) is 13.0 Å². The van der Waals surface area contributed by atoms with E-state index in [-0.39, 0.29) is 10.8 Å². The van der Waals surface area contributed by atoms with Crippen LogP contribution in [0.4, 0.5) is 0 Å². The van der Waals surface area contributed by atoms with E-state index in [9.17, 15) is 18.3 Å². The van der Waals surface area contributed by atoms with Crippen LogP contribution in [-0.2, 0) is 21.9 Å². The van der Waals surface area contributed by atoms with E-state index in [1.54, 1.807) is 27.8 Å². The standard InChI is InChI=1S/C12H21N3O4S/c1-6-7(2)10(12(16)17)14-20(18,19)11-8(3)13-15(5)9(11)4/h7,10,14H,6H2,1-5H3,(H,16,17). The molecule has 2 N–H and O–H groups in total. The van der Waals surface area contributed by atoms with Gasteiger partial charge in [0, 0.05) is 7.05 Å². The van der Waals surface area contributed by atoms with Crippen LogP contribution in [0.25, 0.3) is 0 Å². The Balaban J connectivity index is 3.20. The Morgan fingerprint density at radius 2 is 2.00 bits per heavy atom. The number of nitrogens with one attached hydrogen (secondary N) is 1. The van der Waals surface area contributed by atoms with Gasteiger partial charge in [0.05, 0.1) is 11.4 Å². The van der Waals surface area contributed by atoms with Gasteiger partial charge in [-0.25, -0.2) is 8.42 Å². The minimum atomic E-state index is -3.91. The number of hydrogen-bond acceptors (Lipinski definition) is 4. The molecule has 1 heterocycles. The van der Waals surface area contributed by atoms with Gasteiger partial charge in [0.1, 0.15) is 10.9 Å². The van der Waals surface area contributed by atoms with Gasteiger partial charge in [0.2, 0.25) is 10.0 Å². The van der Waals surface area contributed by atoms with E-state index in [2.05, 4.69) is 9.82 Å². The molecule has 1 aromatic rings. The molecule has 0 aliphatic heterocycles. The maximum Gasteiger partial charge on any atom is 0.322 e. The van der Waals surface area contributed by atoms with Gasteiger partial charge >= 0.3 is 5.97 Å². The van der Waals surface area contributed by atoms with Gasteiger partial charge < -0.3 is 5.11 Å². The summed E-state index contributed by atoms with van der Waals surface area (Å²) in [5.74, 6) is -1.48. The predicted molar refractivity (Wildman–Crippen MR) is 73.9 cm³/mol. The lowest BCUT2D eigenvalue weighted by Gasteiger charge is -2.20. The summed E-state index contributed by atoms with van der Waals surface area (Å²) >= 11 is 0. The number of rotatable bonds is 6. The number of aliphatic carboxylic acids is 1. The molecule has 7 nitrogen and oxygen atoms in total. The second-order valence-electron chi connectivity index (χ2n) is 4.95. The molecule has 0 aromatic carbocycles. The van der Waals surface area contributed by atoms with Crippen molar-refractivity contribution in [3.63, 3.8) is 0 Å². The van der Waals surface area contributed by atoms with Crippen LogP contribution in [0, 0.1) is 19.8 Å². The van der Waals surface area contributed by atoms with Crippen LogP contribution < -0.4 is 4.72 Å². The first-order valence-corrected chi connectivity index (χ1v) is 7.85. The van der Waals surface area contributed by atoms with E-state index in [1.807, 2.05) is 6.92 Å². The fourth-order valence-corrected chi connectivity index (χ4v) is 3.75. The average molecular weight is 303 g/mol. The number of aromatic nitrogens is 2. The summed E-state index contributed by atoms with van der Waals surface area (Å²) < 4.78 is 28.5. The predicted octanol–water partition coefficient (Wildman–Crippen LogP) is 0.815. The van der Waals surface area contributed by atoms with Crippen LogP contribution in [-0.4, -0.2) is 35.3 Å². The summed E-state index contributed by atoms with van der Waals surface area (Å²) in [6, 6.07) is -1.15. The third-order valence-electron chi connectivity index (χ3n) is 3.47. The van der Waals surface area contributed by atoms with Crippen LogP contribution in [0.1, 0.15) is 31.7 Å². The van der Waals surface area contributed by atoms with Crippen LogP contribution in [0.2, 0.25) is 0 Å². The fourth-order valence-electron chi connectivity index (χ4n) is 2.01. The lowest BCUT2D eigenvalue weighted by molar-refractivity contribution is -0.140. The summed E-state index contributed by atoms with van der Waals surface area (Å²) in [6.07, 6.45) is 0.560. The second-order valence-corrected chi connectivity index (χ2v) is 6.60. The number of nitrogens with zero attached hydrogens (tertiary/aromatic N) is 2. The lowest BCUT2D eigenvalue weighted by atomic mass is 10.0. The highest BCUT2D eigenvalue weighted by Gasteiger charge is 2.32. The second kappa shape index (κ2) is 5.92. The first-order valence-electron chi connectivity index (χ1n) is 6.37. The smallest absolute Gasteiger partial charge is 0.322 e. The lowest BCUT2D eigenvalue weighted by Crippen LogP contribution is -2.45. The van der Waals surface area contributed by atoms with Crippen LogP contribution >= 0.6 is 0 Å². The number of sulfonamides is 1. The number of aryl methyl sites for hydroxylation is 2. The molecular weight excluding hydrogens is 282 g/mol. The maximum absolute atomic E-state index is 12.4. The maximum atomic E-state index is 12.4. The Morgan fingerprint density at radius 3 is 2.35 bits per heavy atom. The van der Waals surface area contributed by atoms with Crippen LogP contribution in [0.3, 0.4) is 0 Å². The molecule has 2 atom stereocenters. The molecule has 0 saturated heterocycles. The van der Waals surface area contributed by atoms with Crippen LogP contribution in [0.5, 0.6) is 0 Å². The molecule has 0 amide bonds. The molecular formula is C12H21N3O4S. The van der Waals surface area contributed by atoms with E-state index in [0.717, 1.165) is 0 Å². The third kappa shape index (κ3) is 3.18.